The highest BCUT2D eigenvalue weighted by Gasteiger charge is 2.36. The summed E-state index contributed by atoms with van der Waals surface area (Å²) in [5.41, 5.74) is 15.2. The molecule has 53 heavy (non-hydrogen) atoms. The van der Waals surface area contributed by atoms with Crippen molar-refractivity contribution < 1.29 is 33.8 Å². The average molecular weight is 727 g/mol. The number of ether oxygens (including phenoxy) is 1. The van der Waals surface area contributed by atoms with E-state index in [9.17, 15) is 29.1 Å². The molecule has 3 aromatic carbocycles. The Kier molecular flexibility index (Phi) is 13.5. The van der Waals surface area contributed by atoms with Crippen molar-refractivity contribution in [3.63, 3.8) is 0 Å². The number of phenolic OH excluding ortho intramolecular Hbond substituents is 1. The van der Waals surface area contributed by atoms with Gasteiger partial charge in [0.15, 0.2) is 0 Å². The molecule has 5 amide bonds. The van der Waals surface area contributed by atoms with Gasteiger partial charge in [0.05, 0.1) is 6.07 Å². The second kappa shape index (κ2) is 18.0. The first-order chi connectivity index (χ1) is 25.3. The highest BCUT2D eigenvalue weighted by molar-refractivity contribution is 6.00. The summed E-state index contributed by atoms with van der Waals surface area (Å²) in [6.07, 6.45) is 0.0336. The van der Waals surface area contributed by atoms with Gasteiger partial charge in [0.1, 0.15) is 48.8 Å². The van der Waals surface area contributed by atoms with Crippen molar-refractivity contribution >= 4 is 29.5 Å². The number of fused-ring (bicyclic) bond motifs is 5. The Hall–Kier alpha value is -5.98. The monoisotopic (exact) mass is 726 g/mol. The molecule has 0 unspecified atom stereocenters. The molecule has 15 heteroatoms. The van der Waals surface area contributed by atoms with E-state index in [0.717, 1.165) is 5.56 Å². The van der Waals surface area contributed by atoms with E-state index in [0.29, 0.717) is 33.6 Å². The van der Waals surface area contributed by atoms with Crippen molar-refractivity contribution in [2.45, 2.75) is 57.8 Å². The maximum atomic E-state index is 14.3. The summed E-state index contributed by atoms with van der Waals surface area (Å²) in [5, 5.41) is 30.7. The smallest absolute Gasteiger partial charge is 0.252 e. The van der Waals surface area contributed by atoms with Crippen LogP contribution in [0.25, 0.3) is 11.1 Å². The number of aromatic hydroxyl groups is 1. The number of carbonyl (C=O) groups excluding carboxylic acids is 5. The lowest BCUT2D eigenvalue weighted by Gasteiger charge is -2.32. The minimum absolute atomic E-state index is 0.0220. The Morgan fingerprint density at radius 2 is 1.77 bits per heavy atom. The second-order valence-corrected chi connectivity index (χ2v) is 12.9. The first-order valence-corrected chi connectivity index (χ1v) is 17.2. The molecule has 4 rings (SSSR count). The minimum atomic E-state index is -1.37. The summed E-state index contributed by atoms with van der Waals surface area (Å²) < 4.78 is 5.93. The van der Waals surface area contributed by atoms with Crippen LogP contribution in [-0.4, -0.2) is 91.0 Å². The van der Waals surface area contributed by atoms with Gasteiger partial charge in [0.2, 0.25) is 23.6 Å². The Morgan fingerprint density at radius 1 is 1.02 bits per heavy atom. The van der Waals surface area contributed by atoms with E-state index < -0.39 is 53.7 Å². The summed E-state index contributed by atoms with van der Waals surface area (Å²) >= 11 is 0. The summed E-state index contributed by atoms with van der Waals surface area (Å²) in [4.78, 5) is 69.6. The van der Waals surface area contributed by atoms with Crippen molar-refractivity contribution in [3.8, 4) is 28.7 Å². The minimum Gasteiger partial charge on any atom is -0.507 e. The Morgan fingerprint density at radius 3 is 2.45 bits per heavy atom. The molecule has 4 atom stereocenters. The SMILES string of the molecule is Cc1ccc(C(=O)N[C@@H](CCN)C(=O)N(C)[C@@H]2C(=O)N[C@@H](C)C(=O)N[C@H](C(=O)NCC#N)Cc3ccc(O)c(c3)-c3cc2ccc3OCCN)c(C)c1. The third-order valence-electron chi connectivity index (χ3n) is 8.88. The van der Waals surface area contributed by atoms with E-state index in [-0.39, 0.29) is 50.4 Å². The molecule has 9 N–H and O–H groups in total. The van der Waals surface area contributed by atoms with Crippen molar-refractivity contribution in [3.05, 3.63) is 82.4 Å². The van der Waals surface area contributed by atoms with Crippen LogP contribution in [0.5, 0.6) is 11.5 Å². The van der Waals surface area contributed by atoms with Crippen molar-refractivity contribution in [2.75, 3.05) is 33.3 Å². The third-order valence-corrected chi connectivity index (χ3v) is 8.88. The van der Waals surface area contributed by atoms with Gasteiger partial charge in [-0.3, -0.25) is 24.0 Å². The van der Waals surface area contributed by atoms with Crippen molar-refractivity contribution in [1.29, 1.82) is 5.26 Å². The molecule has 0 spiro atoms. The normalized spacial score (nSPS) is 17.6. The average Bonchev–Trinajstić information content (AvgIpc) is 3.12. The van der Waals surface area contributed by atoms with Gasteiger partial charge in [0, 0.05) is 36.7 Å². The van der Waals surface area contributed by atoms with Crippen LogP contribution in [0.2, 0.25) is 0 Å². The number of phenols is 1. The van der Waals surface area contributed by atoms with Crippen LogP contribution in [0.1, 0.15) is 52.0 Å². The number of carbonyl (C=O) groups is 5. The Bertz CT molecular complexity index is 1910. The van der Waals surface area contributed by atoms with Crippen molar-refractivity contribution in [2.24, 2.45) is 11.5 Å². The van der Waals surface area contributed by atoms with E-state index in [1.165, 1.54) is 24.9 Å². The predicted octanol–water partition coefficient (Wildman–Crippen LogP) is 0.846. The van der Waals surface area contributed by atoms with Crippen LogP contribution < -0.4 is 37.5 Å². The first kappa shape index (κ1) is 39.8. The standard InChI is InChI=1S/C38H46N8O7/c1-21-5-8-26(22(2)17-21)35(49)44-29(11-12-39)38(52)46(4)33-25-7-10-32(53-16-14-41)28(20-25)27-18-24(6-9-31(27)47)19-30(36(50)42-15-13-40)45-34(48)23(3)43-37(33)51/h5-10,17-18,20,23,29-30,33,47H,11-12,14-16,19,39,41H2,1-4H3,(H,42,50)(H,43,51)(H,44,49)(H,45,48)/t23-,29-,30-,33-/m0/s1. The number of benzene rings is 3. The summed E-state index contributed by atoms with van der Waals surface area (Å²) in [7, 11) is 1.40. The van der Waals surface area contributed by atoms with Crippen molar-refractivity contribution in [1.82, 2.24) is 26.2 Å². The number of nitrogens with one attached hydrogen (secondary N) is 4. The molecule has 1 heterocycles. The molecule has 3 aromatic rings. The highest BCUT2D eigenvalue weighted by Crippen LogP contribution is 2.39. The molecule has 1 aliphatic heterocycles. The number of rotatable bonds is 11. The van der Waals surface area contributed by atoms with Gasteiger partial charge in [-0.15, -0.1) is 0 Å². The molecule has 0 saturated carbocycles. The lowest BCUT2D eigenvalue weighted by atomic mass is 9.93. The van der Waals surface area contributed by atoms with Gasteiger partial charge >= 0.3 is 0 Å². The molecule has 0 fully saturated rings. The van der Waals surface area contributed by atoms with Crippen LogP contribution in [-0.2, 0) is 25.6 Å². The van der Waals surface area contributed by atoms with E-state index in [1.807, 2.05) is 19.1 Å². The summed E-state index contributed by atoms with van der Waals surface area (Å²) in [5.74, 6) is -3.04. The largest absolute Gasteiger partial charge is 0.507 e. The van der Waals surface area contributed by atoms with E-state index >= 15 is 0 Å². The van der Waals surface area contributed by atoms with Crippen LogP contribution in [0.4, 0.5) is 0 Å². The first-order valence-electron chi connectivity index (χ1n) is 17.2. The number of aryl methyl sites for hydroxylation is 2. The second-order valence-electron chi connectivity index (χ2n) is 12.9. The van der Waals surface area contributed by atoms with Gasteiger partial charge in [0.25, 0.3) is 5.91 Å². The van der Waals surface area contributed by atoms with E-state index in [2.05, 4.69) is 21.3 Å². The molecule has 280 valence electrons. The summed E-state index contributed by atoms with van der Waals surface area (Å²) in [6.45, 7) is 5.17. The Balaban J connectivity index is 1.84. The fourth-order valence-electron chi connectivity index (χ4n) is 6.15. The quantitative estimate of drug-likeness (QED) is 0.137. The van der Waals surface area contributed by atoms with E-state index in [1.54, 1.807) is 49.4 Å². The van der Waals surface area contributed by atoms with Crippen LogP contribution in [0.15, 0.2) is 54.6 Å². The molecule has 1 aliphatic rings. The number of nitrogens with zero attached hydrogens (tertiary/aromatic N) is 2. The van der Waals surface area contributed by atoms with Gasteiger partial charge in [-0.25, -0.2) is 0 Å². The van der Waals surface area contributed by atoms with Crippen LogP contribution in [0, 0.1) is 25.2 Å². The van der Waals surface area contributed by atoms with Gasteiger partial charge in [-0.05, 0) is 80.8 Å². The van der Waals surface area contributed by atoms with Crippen LogP contribution in [0.3, 0.4) is 0 Å². The lowest BCUT2D eigenvalue weighted by Crippen LogP contribution is -2.56. The number of hydrogen-bond donors (Lipinski definition) is 7. The number of nitrogens with two attached hydrogens (primary N) is 2. The summed E-state index contributed by atoms with van der Waals surface area (Å²) in [6, 6.07) is 11.7. The fraction of sp³-hybridized carbons (Fsp3) is 0.368. The highest BCUT2D eigenvalue weighted by atomic mass is 16.5. The third kappa shape index (κ3) is 9.67. The maximum Gasteiger partial charge on any atom is 0.252 e. The zero-order chi connectivity index (χ0) is 38.8. The molecule has 0 aliphatic carbocycles. The number of hydrogen-bond acceptors (Lipinski definition) is 10. The van der Waals surface area contributed by atoms with Gasteiger partial charge in [-0.2, -0.15) is 5.26 Å². The molecule has 0 aromatic heterocycles. The van der Waals surface area contributed by atoms with Gasteiger partial charge in [-0.1, -0.05) is 29.8 Å². The maximum absolute atomic E-state index is 14.3. The van der Waals surface area contributed by atoms with E-state index in [4.69, 9.17) is 21.5 Å². The topological polar surface area (TPSA) is 242 Å². The molecule has 4 bridgehead atoms. The zero-order valence-corrected chi connectivity index (χ0v) is 30.2. The fourth-order valence-corrected chi connectivity index (χ4v) is 6.15. The zero-order valence-electron chi connectivity index (χ0n) is 30.2. The van der Waals surface area contributed by atoms with Crippen LogP contribution >= 0.6 is 0 Å². The molecular weight excluding hydrogens is 680 g/mol. The number of amides is 5. The molecule has 15 nitrogen and oxygen atoms in total. The number of nitriles is 1. The Labute approximate surface area is 308 Å². The van der Waals surface area contributed by atoms with Gasteiger partial charge < -0.3 is 47.5 Å². The predicted molar refractivity (Wildman–Crippen MR) is 196 cm³/mol. The molecule has 0 saturated heterocycles. The molecule has 0 radical (unpaired) electrons. The lowest BCUT2D eigenvalue weighted by molar-refractivity contribution is -0.141. The number of likely N-dealkylation sites (N-methyl/N-ethyl adjacent to an activating group) is 1. The molecular formula is C38H46N8O7.